The normalized spacial score (nSPS) is 12.4. The van der Waals surface area contributed by atoms with Crippen molar-refractivity contribution in [1.29, 1.82) is 0 Å². The van der Waals surface area contributed by atoms with E-state index in [2.05, 4.69) is 4.72 Å². The molecule has 0 rings (SSSR count). The first kappa shape index (κ1) is 9.84. The lowest BCUT2D eigenvalue weighted by Crippen LogP contribution is -2.32. The molecule has 0 unspecified atom stereocenters. The molecule has 0 aromatic rings. The SMILES string of the molecule is CC(C)NS(=O)(=O)CCF. The van der Waals surface area contributed by atoms with E-state index in [-0.39, 0.29) is 6.04 Å². The summed E-state index contributed by atoms with van der Waals surface area (Å²) in [4.78, 5) is 0. The van der Waals surface area contributed by atoms with Gasteiger partial charge in [0, 0.05) is 6.04 Å². The molecule has 62 valence electrons. The average molecular weight is 169 g/mol. The molecule has 10 heavy (non-hydrogen) atoms. The van der Waals surface area contributed by atoms with E-state index in [0.29, 0.717) is 0 Å². The molecule has 0 atom stereocenters. The fourth-order valence-corrected chi connectivity index (χ4v) is 1.56. The maximum Gasteiger partial charge on any atom is 0.214 e. The smallest absolute Gasteiger partial charge is 0.214 e. The number of alkyl halides is 1. The second-order valence-electron chi connectivity index (χ2n) is 2.28. The number of rotatable bonds is 4. The van der Waals surface area contributed by atoms with Gasteiger partial charge in [0.15, 0.2) is 0 Å². The van der Waals surface area contributed by atoms with Crippen molar-refractivity contribution < 1.29 is 12.8 Å². The van der Waals surface area contributed by atoms with Gasteiger partial charge < -0.3 is 0 Å². The monoisotopic (exact) mass is 169 g/mol. The van der Waals surface area contributed by atoms with Crippen LogP contribution in [0.25, 0.3) is 0 Å². The van der Waals surface area contributed by atoms with Gasteiger partial charge in [-0.25, -0.2) is 17.5 Å². The summed E-state index contributed by atoms with van der Waals surface area (Å²) in [5.41, 5.74) is 0. The van der Waals surface area contributed by atoms with Crippen LogP contribution in [0.1, 0.15) is 13.8 Å². The van der Waals surface area contributed by atoms with Gasteiger partial charge in [0.25, 0.3) is 0 Å². The van der Waals surface area contributed by atoms with Crippen molar-refractivity contribution in [3.05, 3.63) is 0 Å². The van der Waals surface area contributed by atoms with E-state index in [1.165, 1.54) is 0 Å². The predicted octanol–water partition coefficient (Wildman–Crippen LogP) is 0.284. The molecule has 0 spiro atoms. The molecule has 0 aliphatic rings. The van der Waals surface area contributed by atoms with Gasteiger partial charge in [-0.1, -0.05) is 0 Å². The van der Waals surface area contributed by atoms with Crippen molar-refractivity contribution in [3.8, 4) is 0 Å². The first-order valence-corrected chi connectivity index (χ1v) is 4.69. The Morgan fingerprint density at radius 3 is 2.30 bits per heavy atom. The molecule has 3 nitrogen and oxygen atoms in total. The average Bonchev–Trinajstić information content (AvgIpc) is 1.59. The lowest BCUT2D eigenvalue weighted by Gasteiger charge is -2.06. The highest BCUT2D eigenvalue weighted by molar-refractivity contribution is 7.89. The summed E-state index contributed by atoms with van der Waals surface area (Å²) in [6, 6.07) is -0.156. The number of hydrogen-bond acceptors (Lipinski definition) is 2. The van der Waals surface area contributed by atoms with Crippen molar-refractivity contribution in [1.82, 2.24) is 4.72 Å². The summed E-state index contributed by atoms with van der Waals surface area (Å²) in [6.07, 6.45) is 0. The van der Waals surface area contributed by atoms with Crippen LogP contribution >= 0.6 is 0 Å². The molecular formula is C5H12FNO2S. The van der Waals surface area contributed by atoms with Crippen LogP contribution in [0.15, 0.2) is 0 Å². The van der Waals surface area contributed by atoms with Crippen LogP contribution in [0.2, 0.25) is 0 Å². The van der Waals surface area contributed by atoms with Crippen molar-refractivity contribution in [2.75, 3.05) is 12.4 Å². The highest BCUT2D eigenvalue weighted by atomic mass is 32.2. The van der Waals surface area contributed by atoms with Gasteiger partial charge >= 0.3 is 0 Å². The van der Waals surface area contributed by atoms with Gasteiger partial charge in [-0.2, -0.15) is 0 Å². The van der Waals surface area contributed by atoms with Crippen LogP contribution in [0, 0.1) is 0 Å². The summed E-state index contributed by atoms with van der Waals surface area (Å²) in [7, 11) is -3.36. The van der Waals surface area contributed by atoms with E-state index in [4.69, 9.17) is 0 Å². The Labute approximate surface area is 60.7 Å². The lowest BCUT2D eigenvalue weighted by molar-refractivity contribution is 0.510. The summed E-state index contributed by atoms with van der Waals surface area (Å²) in [5, 5.41) is 0. The van der Waals surface area contributed by atoms with Gasteiger partial charge in [0.1, 0.15) is 6.67 Å². The molecule has 0 aromatic heterocycles. The van der Waals surface area contributed by atoms with Crippen LogP contribution in [-0.4, -0.2) is 26.9 Å². The van der Waals surface area contributed by atoms with Crippen molar-refractivity contribution >= 4 is 10.0 Å². The Morgan fingerprint density at radius 1 is 1.50 bits per heavy atom. The number of sulfonamides is 1. The Kier molecular flexibility index (Phi) is 3.81. The van der Waals surface area contributed by atoms with Gasteiger partial charge in [-0.3, -0.25) is 0 Å². The molecule has 0 saturated heterocycles. The molecular weight excluding hydrogens is 157 g/mol. The fourth-order valence-electron chi connectivity index (χ4n) is 0.520. The molecule has 5 heteroatoms. The minimum Gasteiger partial charge on any atom is -0.250 e. The lowest BCUT2D eigenvalue weighted by atomic mass is 10.4. The number of halogens is 1. The van der Waals surface area contributed by atoms with Crippen LogP contribution in [0.5, 0.6) is 0 Å². The third kappa shape index (κ3) is 4.69. The Hall–Kier alpha value is -0.160. The molecule has 0 amide bonds. The maximum atomic E-state index is 11.5. The van der Waals surface area contributed by atoms with Gasteiger partial charge in [-0.05, 0) is 13.8 Å². The first-order chi connectivity index (χ1) is 4.48. The summed E-state index contributed by atoms with van der Waals surface area (Å²) < 4.78 is 35.2. The molecule has 0 bridgehead atoms. The van der Waals surface area contributed by atoms with Crippen LogP contribution in [0.4, 0.5) is 4.39 Å². The largest absolute Gasteiger partial charge is 0.250 e. The quantitative estimate of drug-likeness (QED) is 0.657. The highest BCUT2D eigenvalue weighted by Crippen LogP contribution is 1.87. The molecule has 0 heterocycles. The Balaban J connectivity index is 3.89. The fraction of sp³-hybridized carbons (Fsp3) is 1.00. The third-order valence-electron chi connectivity index (χ3n) is 0.761. The summed E-state index contributed by atoms with van der Waals surface area (Å²) >= 11 is 0. The zero-order valence-corrected chi connectivity index (χ0v) is 6.91. The second kappa shape index (κ2) is 3.88. The number of hydrogen-bond donors (Lipinski definition) is 1. The molecule has 0 fully saturated rings. The Bertz CT molecular complexity index is 176. The first-order valence-electron chi connectivity index (χ1n) is 3.04. The molecule has 0 aliphatic carbocycles. The predicted molar refractivity (Wildman–Crippen MR) is 38.0 cm³/mol. The summed E-state index contributed by atoms with van der Waals surface area (Å²) in [5.74, 6) is -0.439. The molecule has 0 aliphatic heterocycles. The van der Waals surface area contributed by atoms with E-state index in [0.717, 1.165) is 0 Å². The molecule has 1 N–H and O–H groups in total. The topological polar surface area (TPSA) is 46.2 Å². The second-order valence-corrected chi connectivity index (χ2v) is 4.15. The van der Waals surface area contributed by atoms with Gasteiger partial charge in [0.05, 0.1) is 5.75 Å². The van der Waals surface area contributed by atoms with Crippen molar-refractivity contribution in [2.24, 2.45) is 0 Å². The minimum atomic E-state index is -3.36. The third-order valence-corrected chi connectivity index (χ3v) is 2.28. The molecule has 0 radical (unpaired) electrons. The van der Waals surface area contributed by atoms with E-state index in [1.807, 2.05) is 0 Å². The van der Waals surface area contributed by atoms with Crippen molar-refractivity contribution in [2.45, 2.75) is 19.9 Å². The number of nitrogens with one attached hydrogen (secondary N) is 1. The summed E-state index contributed by atoms with van der Waals surface area (Å²) in [6.45, 7) is 2.55. The highest BCUT2D eigenvalue weighted by Gasteiger charge is 2.09. The Morgan fingerprint density at radius 2 is 2.00 bits per heavy atom. The van der Waals surface area contributed by atoms with E-state index in [9.17, 15) is 12.8 Å². The van der Waals surface area contributed by atoms with E-state index in [1.54, 1.807) is 13.8 Å². The maximum absolute atomic E-state index is 11.5. The molecule has 0 aromatic carbocycles. The van der Waals surface area contributed by atoms with Crippen LogP contribution in [0.3, 0.4) is 0 Å². The zero-order chi connectivity index (χ0) is 8.20. The minimum absolute atomic E-state index is 0.156. The van der Waals surface area contributed by atoms with Crippen LogP contribution in [-0.2, 0) is 10.0 Å². The van der Waals surface area contributed by atoms with Gasteiger partial charge in [-0.15, -0.1) is 0 Å². The van der Waals surface area contributed by atoms with E-state index < -0.39 is 22.5 Å². The molecule has 0 saturated carbocycles. The standard InChI is InChI=1S/C5H12FNO2S/c1-5(2)7-10(8,9)4-3-6/h5,7H,3-4H2,1-2H3. The van der Waals surface area contributed by atoms with Crippen LogP contribution < -0.4 is 4.72 Å². The zero-order valence-electron chi connectivity index (χ0n) is 6.09. The van der Waals surface area contributed by atoms with Gasteiger partial charge in [0.2, 0.25) is 10.0 Å². The van der Waals surface area contributed by atoms with E-state index >= 15 is 0 Å². The van der Waals surface area contributed by atoms with Crippen molar-refractivity contribution in [3.63, 3.8) is 0 Å².